The van der Waals surface area contributed by atoms with E-state index in [0.29, 0.717) is 33.4 Å². The van der Waals surface area contributed by atoms with E-state index in [9.17, 15) is 19.1 Å². The summed E-state index contributed by atoms with van der Waals surface area (Å²) in [6.07, 6.45) is 0.0924. The highest BCUT2D eigenvalue weighted by molar-refractivity contribution is 7.98. The van der Waals surface area contributed by atoms with Crippen molar-refractivity contribution in [2.75, 3.05) is 5.32 Å². The zero-order valence-electron chi connectivity index (χ0n) is 15.6. The number of carbonyl (C=O) groups excluding carboxylic acids is 1. The summed E-state index contributed by atoms with van der Waals surface area (Å²) in [5, 5.41) is 12.9. The molecule has 29 heavy (non-hydrogen) atoms. The molecular weight excluding hydrogens is 393 g/mol. The van der Waals surface area contributed by atoms with Crippen LogP contribution in [0.1, 0.15) is 29.0 Å². The van der Waals surface area contributed by atoms with Crippen LogP contribution in [-0.2, 0) is 17.6 Å². The predicted molar refractivity (Wildman–Crippen MR) is 109 cm³/mol. The van der Waals surface area contributed by atoms with E-state index in [1.807, 2.05) is 0 Å². The molecule has 2 heterocycles. The van der Waals surface area contributed by atoms with Gasteiger partial charge in [-0.3, -0.25) is 9.59 Å². The number of amides is 1. The minimum Gasteiger partial charge on any atom is -0.508 e. The number of aromatic hydroxyl groups is 1. The third kappa shape index (κ3) is 3.75. The average Bonchev–Trinajstić information content (AvgIpc) is 2.70. The summed E-state index contributed by atoms with van der Waals surface area (Å²) in [7, 11) is 1.71. The van der Waals surface area contributed by atoms with E-state index in [2.05, 4.69) is 10.3 Å². The molecule has 0 fully saturated rings. The minimum absolute atomic E-state index is 0.0666. The first-order valence-corrected chi connectivity index (χ1v) is 9.98. The summed E-state index contributed by atoms with van der Waals surface area (Å²) in [6.45, 7) is 0. The zero-order valence-corrected chi connectivity index (χ0v) is 16.4. The Hall–Kier alpha value is -3.13. The number of anilines is 1. The van der Waals surface area contributed by atoms with Gasteiger partial charge in [-0.1, -0.05) is 42.1 Å². The highest BCUT2D eigenvalue weighted by Crippen LogP contribution is 2.37. The van der Waals surface area contributed by atoms with Gasteiger partial charge in [-0.05, 0) is 29.3 Å². The van der Waals surface area contributed by atoms with E-state index >= 15 is 0 Å². The summed E-state index contributed by atoms with van der Waals surface area (Å²) >= 11 is 1.22. The molecule has 1 atom stereocenters. The second-order valence-electron chi connectivity index (χ2n) is 6.80. The number of halogens is 1. The quantitative estimate of drug-likeness (QED) is 0.508. The van der Waals surface area contributed by atoms with Crippen molar-refractivity contribution in [1.82, 2.24) is 9.55 Å². The topological polar surface area (TPSA) is 84.2 Å². The summed E-state index contributed by atoms with van der Waals surface area (Å²) < 4.78 is 15.5. The van der Waals surface area contributed by atoms with Crippen LogP contribution < -0.4 is 10.9 Å². The molecule has 148 valence electrons. The monoisotopic (exact) mass is 411 g/mol. The number of rotatable bonds is 4. The number of hydrogen-bond donors (Lipinski definition) is 2. The van der Waals surface area contributed by atoms with Gasteiger partial charge in [-0.15, -0.1) is 0 Å². The van der Waals surface area contributed by atoms with E-state index in [1.54, 1.807) is 48.0 Å². The Balaban J connectivity index is 1.73. The van der Waals surface area contributed by atoms with Gasteiger partial charge in [0.15, 0.2) is 5.16 Å². The number of nitrogens with zero attached hydrogens (tertiary/aromatic N) is 2. The molecule has 0 radical (unpaired) electrons. The number of fused-ring (bicyclic) bond motifs is 1. The number of benzene rings is 2. The van der Waals surface area contributed by atoms with Gasteiger partial charge in [0.25, 0.3) is 5.56 Å². The standard InChI is InChI=1S/C21H18FN3O3S/c1-25-19-18(15(10-17(27)23-19)12-6-4-7-14(26)9-12)20(28)24-21(25)29-11-13-5-2-3-8-16(13)22/h2-9,15,26H,10-11H2,1H3,(H,23,27)/t15-/m1/s1. The van der Waals surface area contributed by atoms with Crippen LogP contribution in [0.4, 0.5) is 10.2 Å². The van der Waals surface area contributed by atoms with Crippen molar-refractivity contribution in [2.45, 2.75) is 23.2 Å². The van der Waals surface area contributed by atoms with Gasteiger partial charge in [0.2, 0.25) is 5.91 Å². The maximum Gasteiger partial charge on any atom is 0.279 e. The van der Waals surface area contributed by atoms with Crippen molar-refractivity contribution in [1.29, 1.82) is 0 Å². The van der Waals surface area contributed by atoms with Crippen LogP contribution in [0.25, 0.3) is 0 Å². The molecule has 8 heteroatoms. The van der Waals surface area contributed by atoms with Crippen LogP contribution in [0, 0.1) is 5.82 Å². The van der Waals surface area contributed by atoms with Crippen molar-refractivity contribution >= 4 is 23.5 Å². The Kier molecular flexibility index (Phi) is 5.10. The maximum absolute atomic E-state index is 13.9. The number of carbonyl (C=O) groups is 1. The van der Waals surface area contributed by atoms with E-state index in [4.69, 9.17) is 0 Å². The Bertz CT molecular complexity index is 1160. The Morgan fingerprint density at radius 3 is 2.79 bits per heavy atom. The van der Waals surface area contributed by atoms with Gasteiger partial charge in [0, 0.05) is 25.1 Å². The van der Waals surface area contributed by atoms with Gasteiger partial charge in [0.05, 0.1) is 5.56 Å². The van der Waals surface area contributed by atoms with Crippen LogP contribution >= 0.6 is 11.8 Å². The lowest BCUT2D eigenvalue weighted by atomic mass is 9.86. The lowest BCUT2D eigenvalue weighted by Crippen LogP contribution is -2.33. The highest BCUT2D eigenvalue weighted by Gasteiger charge is 2.32. The number of phenolic OH excluding ortho intramolecular Hbond substituents is 1. The van der Waals surface area contributed by atoms with Crippen molar-refractivity contribution in [3.8, 4) is 5.75 Å². The predicted octanol–water partition coefficient (Wildman–Crippen LogP) is 3.39. The molecule has 1 amide bonds. The number of phenols is 1. The first-order valence-electron chi connectivity index (χ1n) is 9.00. The smallest absolute Gasteiger partial charge is 0.279 e. The second kappa shape index (κ2) is 7.71. The summed E-state index contributed by atoms with van der Waals surface area (Å²) in [5.74, 6) is -0.294. The Morgan fingerprint density at radius 1 is 1.24 bits per heavy atom. The lowest BCUT2D eigenvalue weighted by molar-refractivity contribution is -0.116. The van der Waals surface area contributed by atoms with Gasteiger partial charge < -0.3 is 15.0 Å². The fourth-order valence-corrected chi connectivity index (χ4v) is 4.40. The number of thioether (sulfide) groups is 1. The van der Waals surface area contributed by atoms with Crippen LogP contribution in [0.15, 0.2) is 58.5 Å². The van der Waals surface area contributed by atoms with Crippen molar-refractivity contribution < 1.29 is 14.3 Å². The molecule has 0 spiro atoms. The molecule has 2 N–H and O–H groups in total. The van der Waals surface area contributed by atoms with Crippen LogP contribution in [0.5, 0.6) is 5.75 Å². The normalized spacial score (nSPS) is 15.7. The Morgan fingerprint density at radius 2 is 2.03 bits per heavy atom. The van der Waals surface area contributed by atoms with Gasteiger partial charge in [-0.2, -0.15) is 4.98 Å². The fraction of sp³-hybridized carbons (Fsp3) is 0.190. The highest BCUT2D eigenvalue weighted by atomic mass is 32.2. The second-order valence-corrected chi connectivity index (χ2v) is 7.74. The molecule has 0 saturated heterocycles. The zero-order chi connectivity index (χ0) is 20.5. The maximum atomic E-state index is 13.9. The number of hydrogen-bond acceptors (Lipinski definition) is 5. The summed E-state index contributed by atoms with van der Waals surface area (Å²) in [6, 6.07) is 13.0. The first kappa shape index (κ1) is 19.2. The van der Waals surface area contributed by atoms with Gasteiger partial charge in [-0.25, -0.2) is 4.39 Å². The third-order valence-electron chi connectivity index (χ3n) is 4.89. The van der Waals surface area contributed by atoms with E-state index in [-0.39, 0.29) is 23.9 Å². The molecule has 3 aromatic rings. The minimum atomic E-state index is -0.498. The van der Waals surface area contributed by atoms with Crippen molar-refractivity contribution in [3.63, 3.8) is 0 Å². The van der Waals surface area contributed by atoms with E-state index < -0.39 is 11.5 Å². The molecule has 0 bridgehead atoms. The molecular formula is C21H18FN3O3S. The van der Waals surface area contributed by atoms with E-state index in [0.717, 1.165) is 0 Å². The van der Waals surface area contributed by atoms with Crippen molar-refractivity contribution in [2.24, 2.45) is 7.05 Å². The molecule has 2 aromatic carbocycles. The molecule has 0 saturated carbocycles. The molecule has 1 aliphatic rings. The average molecular weight is 411 g/mol. The largest absolute Gasteiger partial charge is 0.508 e. The summed E-state index contributed by atoms with van der Waals surface area (Å²) in [5.41, 5.74) is 1.12. The molecule has 1 aliphatic heterocycles. The lowest BCUT2D eigenvalue weighted by Gasteiger charge is -2.27. The fourth-order valence-electron chi connectivity index (χ4n) is 3.45. The number of aromatic nitrogens is 2. The Labute approximate surface area is 170 Å². The van der Waals surface area contributed by atoms with Crippen LogP contribution in [0.2, 0.25) is 0 Å². The van der Waals surface area contributed by atoms with Crippen LogP contribution in [-0.4, -0.2) is 20.6 Å². The van der Waals surface area contributed by atoms with Crippen molar-refractivity contribution in [3.05, 3.63) is 81.4 Å². The molecule has 6 nitrogen and oxygen atoms in total. The third-order valence-corrected chi connectivity index (χ3v) is 5.97. The number of nitrogens with one attached hydrogen (secondary N) is 1. The van der Waals surface area contributed by atoms with E-state index in [1.165, 1.54) is 23.9 Å². The molecule has 1 aromatic heterocycles. The molecule has 4 rings (SSSR count). The molecule has 0 aliphatic carbocycles. The summed E-state index contributed by atoms with van der Waals surface area (Å²) in [4.78, 5) is 29.4. The van der Waals surface area contributed by atoms with Gasteiger partial charge >= 0.3 is 0 Å². The first-order chi connectivity index (χ1) is 13.9. The molecule has 0 unspecified atom stereocenters. The van der Waals surface area contributed by atoms with Crippen LogP contribution in [0.3, 0.4) is 0 Å². The SMILES string of the molecule is Cn1c(SCc2ccccc2F)nc(=O)c2c1NC(=O)C[C@@H]2c1cccc(O)c1. The van der Waals surface area contributed by atoms with Gasteiger partial charge in [0.1, 0.15) is 17.4 Å².